The third kappa shape index (κ3) is 7.37. The molecule has 0 radical (unpaired) electrons. The van der Waals surface area contributed by atoms with Crippen LogP contribution in [0.3, 0.4) is 0 Å². The summed E-state index contributed by atoms with van der Waals surface area (Å²) in [6.45, 7) is 4.83. The molecule has 2 aromatic rings. The van der Waals surface area contributed by atoms with Crippen LogP contribution < -0.4 is 14.8 Å². The van der Waals surface area contributed by atoms with Gasteiger partial charge in [0, 0.05) is 6.07 Å². The minimum atomic E-state index is -4.20. The Labute approximate surface area is 223 Å². The Balaban J connectivity index is 1.58. The Hall–Kier alpha value is -2.86. The summed E-state index contributed by atoms with van der Waals surface area (Å²) in [6.07, 6.45) is 1.23. The fourth-order valence-corrected chi connectivity index (χ4v) is 5.72. The number of rotatable bonds is 10. The predicted octanol–water partition coefficient (Wildman–Crippen LogP) is 3.78. The largest absolute Gasteiger partial charge is 0.454 e. The number of benzene rings is 2. The van der Waals surface area contributed by atoms with Crippen LogP contribution in [-0.4, -0.2) is 61.3 Å². The van der Waals surface area contributed by atoms with Crippen LogP contribution in [0.1, 0.15) is 52.0 Å². The molecule has 0 aromatic heterocycles. The van der Waals surface area contributed by atoms with E-state index in [1.165, 1.54) is 18.2 Å². The maximum absolute atomic E-state index is 13.7. The van der Waals surface area contributed by atoms with Crippen LogP contribution in [0, 0.1) is 0 Å². The van der Waals surface area contributed by atoms with E-state index in [0.29, 0.717) is 24.3 Å². The van der Waals surface area contributed by atoms with Gasteiger partial charge in [-0.1, -0.05) is 47.6 Å². The van der Waals surface area contributed by atoms with Crippen molar-refractivity contribution in [3.8, 4) is 11.5 Å². The van der Waals surface area contributed by atoms with Gasteiger partial charge in [0.05, 0.1) is 29.7 Å². The van der Waals surface area contributed by atoms with E-state index in [4.69, 9.17) is 19.0 Å². The Kier molecular flexibility index (Phi) is 8.81. The van der Waals surface area contributed by atoms with E-state index < -0.39 is 40.4 Å². The van der Waals surface area contributed by atoms with Gasteiger partial charge in [-0.2, -0.15) is 0 Å². The quantitative estimate of drug-likeness (QED) is 0.430. The number of nitrogens with one attached hydrogen (secondary N) is 1. The fraction of sp³-hybridized carbons (Fsp3) is 0.519. The average molecular weight is 549 g/mol. The Morgan fingerprint density at radius 1 is 1.11 bits per heavy atom. The van der Waals surface area contributed by atoms with Crippen molar-refractivity contribution >= 4 is 16.1 Å². The van der Waals surface area contributed by atoms with Gasteiger partial charge in [0.25, 0.3) is 10.0 Å². The molecule has 0 spiro atoms. The molecule has 38 heavy (non-hydrogen) atoms. The zero-order valence-electron chi connectivity index (χ0n) is 22.0. The summed E-state index contributed by atoms with van der Waals surface area (Å²) in [7, 11) is -4.20. The lowest BCUT2D eigenvalue weighted by atomic mass is 10.0. The number of ether oxygens (including phenoxy) is 3. The highest BCUT2D eigenvalue weighted by atomic mass is 32.2. The minimum absolute atomic E-state index is 0.0112. The van der Waals surface area contributed by atoms with Gasteiger partial charge < -0.3 is 24.6 Å². The smallest absolute Gasteiger partial charge is 0.407 e. The number of sulfonamides is 1. The van der Waals surface area contributed by atoms with Gasteiger partial charge in [0.2, 0.25) is 6.79 Å². The van der Waals surface area contributed by atoms with E-state index in [2.05, 4.69) is 5.32 Å². The first-order valence-electron chi connectivity index (χ1n) is 12.8. The van der Waals surface area contributed by atoms with Crippen LogP contribution in [-0.2, 0) is 26.0 Å². The third-order valence-corrected chi connectivity index (χ3v) is 7.90. The second-order valence-electron chi connectivity index (χ2n) is 10.5. The van der Waals surface area contributed by atoms with Crippen molar-refractivity contribution in [2.75, 3.05) is 13.3 Å². The molecule has 2 aliphatic rings. The van der Waals surface area contributed by atoms with E-state index >= 15 is 0 Å². The lowest BCUT2D eigenvalue weighted by molar-refractivity contribution is -0.145. The second kappa shape index (κ2) is 11.9. The first kappa shape index (κ1) is 28.2. The van der Waals surface area contributed by atoms with Crippen molar-refractivity contribution in [1.29, 1.82) is 0 Å². The van der Waals surface area contributed by atoms with Crippen molar-refractivity contribution in [2.24, 2.45) is 0 Å². The number of carbonyl (C=O) groups excluding carboxylic acids is 1. The van der Waals surface area contributed by atoms with Crippen molar-refractivity contribution in [1.82, 2.24) is 9.79 Å². The van der Waals surface area contributed by atoms with Gasteiger partial charge in [-0.05, 0) is 57.7 Å². The molecule has 2 atom stereocenters. The Morgan fingerprint density at radius 3 is 2.47 bits per heavy atom. The highest BCUT2D eigenvalue weighted by Crippen LogP contribution is 2.35. The molecule has 2 aromatic carbocycles. The number of aliphatic hydroxyl groups is 1. The molecule has 1 saturated carbocycles. The van der Waals surface area contributed by atoms with Crippen LogP contribution >= 0.6 is 0 Å². The topological polar surface area (TPSA) is 124 Å². The SMILES string of the molecule is CC(C)(C)OC(=O)NC(Cc1ccccc1)C(O)CN(OC1CCCC1)S(=O)(=O)c1ccc2c(c1)OCO2. The first-order valence-corrected chi connectivity index (χ1v) is 14.3. The lowest BCUT2D eigenvalue weighted by Crippen LogP contribution is -2.51. The van der Waals surface area contributed by atoms with E-state index in [9.17, 15) is 18.3 Å². The molecule has 11 heteroatoms. The zero-order chi connectivity index (χ0) is 27.3. The molecular weight excluding hydrogens is 512 g/mol. The third-order valence-electron chi connectivity index (χ3n) is 6.28. The molecule has 0 bridgehead atoms. The molecular formula is C27H36N2O8S. The maximum Gasteiger partial charge on any atom is 0.407 e. The van der Waals surface area contributed by atoms with Crippen molar-refractivity contribution in [2.45, 2.75) is 81.6 Å². The summed E-state index contributed by atoms with van der Waals surface area (Å²) >= 11 is 0. The highest BCUT2D eigenvalue weighted by molar-refractivity contribution is 7.89. The number of hydrogen-bond acceptors (Lipinski definition) is 8. The van der Waals surface area contributed by atoms with E-state index in [0.717, 1.165) is 22.9 Å². The van der Waals surface area contributed by atoms with Gasteiger partial charge in [0.15, 0.2) is 11.5 Å². The van der Waals surface area contributed by atoms with Crippen molar-refractivity contribution < 1.29 is 37.4 Å². The maximum atomic E-state index is 13.7. The number of hydroxylamine groups is 1. The van der Waals surface area contributed by atoms with Gasteiger partial charge in [-0.15, -0.1) is 0 Å². The van der Waals surface area contributed by atoms with Crippen LogP contribution in [0.4, 0.5) is 4.79 Å². The van der Waals surface area contributed by atoms with Crippen molar-refractivity contribution in [3.63, 3.8) is 0 Å². The Bertz CT molecular complexity index is 1190. The van der Waals surface area contributed by atoms with Gasteiger partial charge in [-0.3, -0.25) is 4.84 Å². The Morgan fingerprint density at radius 2 is 1.79 bits per heavy atom. The minimum Gasteiger partial charge on any atom is -0.454 e. The van der Waals surface area contributed by atoms with Crippen LogP contribution in [0.25, 0.3) is 0 Å². The van der Waals surface area contributed by atoms with Crippen LogP contribution in [0.15, 0.2) is 53.4 Å². The molecule has 1 aliphatic carbocycles. The van der Waals surface area contributed by atoms with E-state index in [1.807, 2.05) is 30.3 Å². The summed E-state index contributed by atoms with van der Waals surface area (Å²) in [5.74, 6) is 0.776. The molecule has 1 heterocycles. The van der Waals surface area contributed by atoms with Crippen molar-refractivity contribution in [3.05, 3.63) is 54.1 Å². The number of aliphatic hydroxyl groups excluding tert-OH is 1. The van der Waals surface area contributed by atoms with Gasteiger partial charge in [0.1, 0.15) is 5.60 Å². The predicted molar refractivity (Wildman–Crippen MR) is 139 cm³/mol. The summed E-state index contributed by atoms with van der Waals surface area (Å²) in [5.41, 5.74) is 0.113. The number of fused-ring (bicyclic) bond motifs is 1. The number of amides is 1. The molecule has 1 fully saturated rings. The first-order chi connectivity index (χ1) is 18.0. The number of carbonyl (C=O) groups is 1. The van der Waals surface area contributed by atoms with E-state index in [1.54, 1.807) is 20.8 Å². The van der Waals surface area contributed by atoms with Gasteiger partial charge in [-0.25, -0.2) is 13.2 Å². The average Bonchev–Trinajstić information content (AvgIpc) is 3.54. The van der Waals surface area contributed by atoms with Crippen LogP contribution in [0.2, 0.25) is 0 Å². The lowest BCUT2D eigenvalue weighted by Gasteiger charge is -2.31. The van der Waals surface area contributed by atoms with Gasteiger partial charge >= 0.3 is 6.09 Å². The molecule has 10 nitrogen and oxygen atoms in total. The monoisotopic (exact) mass is 548 g/mol. The number of hydrogen-bond donors (Lipinski definition) is 2. The molecule has 0 saturated heterocycles. The summed E-state index contributed by atoms with van der Waals surface area (Å²) in [6, 6.07) is 12.8. The van der Waals surface area contributed by atoms with Crippen LogP contribution in [0.5, 0.6) is 11.5 Å². The normalized spacial score (nSPS) is 17.4. The summed E-state index contributed by atoms with van der Waals surface area (Å²) in [4.78, 5) is 18.5. The zero-order valence-corrected chi connectivity index (χ0v) is 22.8. The van der Waals surface area contributed by atoms with E-state index in [-0.39, 0.29) is 24.2 Å². The molecule has 208 valence electrons. The number of nitrogens with zero attached hydrogens (tertiary/aromatic N) is 1. The molecule has 2 N–H and O–H groups in total. The molecule has 4 rings (SSSR count). The molecule has 1 aliphatic heterocycles. The second-order valence-corrected chi connectivity index (χ2v) is 12.4. The molecule has 1 amide bonds. The highest BCUT2D eigenvalue weighted by Gasteiger charge is 2.35. The molecule has 2 unspecified atom stereocenters. The summed E-state index contributed by atoms with van der Waals surface area (Å²) < 4.78 is 44.4. The fourth-order valence-electron chi connectivity index (χ4n) is 4.40. The number of alkyl carbamates (subject to hydrolysis) is 1. The standard InChI is InChI=1S/C27H36N2O8S/c1-27(2,3)36-26(31)28-22(15-19-9-5-4-6-10-19)23(30)17-29(37-20-11-7-8-12-20)38(32,33)21-13-14-24-25(16-21)35-18-34-24/h4-6,9-10,13-14,16,20,22-23,30H,7-8,11-12,15,17-18H2,1-3H3,(H,28,31). The summed E-state index contributed by atoms with van der Waals surface area (Å²) in [5, 5.41) is 14.0.